The molecule has 0 aliphatic heterocycles. The standard InChI is InChI=1S/C18H23NO7/c1-11(14(16(21)24-2)17(22)25-3)15(18(23)26-4)19-13(20)10-12-8-6-5-7-9-12/h5-9,11,14-15H,10H2,1-4H3,(H,19,20)/t11-,15-/m0/s1. The Kier molecular flexibility index (Phi) is 8.27. The number of amides is 1. The van der Waals surface area contributed by atoms with E-state index in [2.05, 4.69) is 14.8 Å². The smallest absolute Gasteiger partial charge is 0.328 e. The van der Waals surface area contributed by atoms with Crippen LogP contribution in [0.1, 0.15) is 12.5 Å². The predicted molar refractivity (Wildman–Crippen MR) is 90.8 cm³/mol. The summed E-state index contributed by atoms with van der Waals surface area (Å²) in [6.45, 7) is 1.46. The molecule has 0 aliphatic rings. The quantitative estimate of drug-likeness (QED) is 0.406. The SMILES string of the molecule is COC(=O)C(C(=O)OC)[C@H](C)[C@H](NC(=O)Cc1ccccc1)C(=O)OC. The van der Waals surface area contributed by atoms with Crippen molar-refractivity contribution in [1.29, 1.82) is 0 Å². The second-order valence-electron chi connectivity index (χ2n) is 5.61. The number of hydrogen-bond acceptors (Lipinski definition) is 7. The van der Waals surface area contributed by atoms with Gasteiger partial charge in [0.2, 0.25) is 5.91 Å². The molecule has 142 valence electrons. The van der Waals surface area contributed by atoms with Crippen LogP contribution < -0.4 is 5.32 Å². The number of hydrogen-bond donors (Lipinski definition) is 1. The van der Waals surface area contributed by atoms with E-state index in [0.29, 0.717) is 0 Å². The van der Waals surface area contributed by atoms with Crippen molar-refractivity contribution in [2.75, 3.05) is 21.3 Å². The number of nitrogens with one attached hydrogen (secondary N) is 1. The van der Waals surface area contributed by atoms with Crippen LogP contribution >= 0.6 is 0 Å². The summed E-state index contributed by atoms with van der Waals surface area (Å²) in [6.07, 6.45) is 0.0299. The number of benzene rings is 1. The summed E-state index contributed by atoms with van der Waals surface area (Å²) in [5, 5.41) is 2.53. The molecule has 0 heterocycles. The maximum Gasteiger partial charge on any atom is 0.328 e. The number of methoxy groups -OCH3 is 3. The summed E-state index contributed by atoms with van der Waals surface area (Å²) in [7, 11) is 3.38. The Balaban J connectivity index is 3.00. The van der Waals surface area contributed by atoms with Crippen molar-refractivity contribution in [3.05, 3.63) is 35.9 Å². The van der Waals surface area contributed by atoms with E-state index in [1.54, 1.807) is 24.3 Å². The average molecular weight is 365 g/mol. The third kappa shape index (κ3) is 5.58. The minimum atomic E-state index is -1.38. The van der Waals surface area contributed by atoms with Crippen LogP contribution in [0.4, 0.5) is 0 Å². The van der Waals surface area contributed by atoms with E-state index in [9.17, 15) is 19.2 Å². The predicted octanol–water partition coefficient (Wildman–Crippen LogP) is 0.485. The normalized spacial score (nSPS) is 12.7. The molecule has 0 saturated heterocycles. The summed E-state index contributed by atoms with van der Waals surface area (Å²) in [4.78, 5) is 48.3. The monoisotopic (exact) mass is 365 g/mol. The molecule has 8 nitrogen and oxygen atoms in total. The lowest BCUT2D eigenvalue weighted by molar-refractivity contribution is -0.163. The Morgan fingerprint density at radius 3 is 1.85 bits per heavy atom. The topological polar surface area (TPSA) is 108 Å². The van der Waals surface area contributed by atoms with Crippen LogP contribution in [-0.4, -0.2) is 51.2 Å². The molecule has 2 atom stereocenters. The first-order chi connectivity index (χ1) is 12.3. The van der Waals surface area contributed by atoms with Gasteiger partial charge < -0.3 is 19.5 Å². The third-order valence-corrected chi connectivity index (χ3v) is 3.94. The van der Waals surface area contributed by atoms with Crippen molar-refractivity contribution in [3.63, 3.8) is 0 Å². The lowest BCUT2D eigenvalue weighted by Crippen LogP contribution is -2.51. The fourth-order valence-electron chi connectivity index (χ4n) is 2.51. The second-order valence-corrected chi connectivity index (χ2v) is 5.61. The van der Waals surface area contributed by atoms with E-state index in [4.69, 9.17) is 4.74 Å². The van der Waals surface area contributed by atoms with Crippen molar-refractivity contribution < 1.29 is 33.4 Å². The summed E-state index contributed by atoms with van der Waals surface area (Å²) >= 11 is 0. The van der Waals surface area contributed by atoms with Crippen LogP contribution in [0.2, 0.25) is 0 Å². The van der Waals surface area contributed by atoms with E-state index < -0.39 is 41.7 Å². The molecule has 1 amide bonds. The van der Waals surface area contributed by atoms with Gasteiger partial charge in [-0.3, -0.25) is 14.4 Å². The lowest BCUT2D eigenvalue weighted by atomic mass is 9.87. The van der Waals surface area contributed by atoms with Crippen molar-refractivity contribution in [2.24, 2.45) is 11.8 Å². The fourth-order valence-corrected chi connectivity index (χ4v) is 2.51. The highest BCUT2D eigenvalue weighted by Gasteiger charge is 2.42. The van der Waals surface area contributed by atoms with E-state index >= 15 is 0 Å². The van der Waals surface area contributed by atoms with Gasteiger partial charge >= 0.3 is 17.9 Å². The molecule has 1 N–H and O–H groups in total. The molecular weight excluding hydrogens is 342 g/mol. The van der Waals surface area contributed by atoms with Gasteiger partial charge in [0.15, 0.2) is 5.92 Å². The van der Waals surface area contributed by atoms with Gasteiger partial charge in [0.1, 0.15) is 6.04 Å². The van der Waals surface area contributed by atoms with Crippen molar-refractivity contribution in [3.8, 4) is 0 Å². The van der Waals surface area contributed by atoms with Gasteiger partial charge in [-0.25, -0.2) is 4.79 Å². The molecular formula is C18H23NO7. The highest BCUT2D eigenvalue weighted by molar-refractivity contribution is 5.96. The molecule has 8 heteroatoms. The zero-order valence-electron chi connectivity index (χ0n) is 15.2. The maximum atomic E-state index is 12.3. The number of esters is 3. The Morgan fingerprint density at radius 1 is 0.885 bits per heavy atom. The van der Waals surface area contributed by atoms with Gasteiger partial charge in [-0.05, 0) is 5.56 Å². The van der Waals surface area contributed by atoms with E-state index in [1.807, 2.05) is 6.07 Å². The first-order valence-electron chi connectivity index (χ1n) is 7.92. The van der Waals surface area contributed by atoms with E-state index in [0.717, 1.165) is 26.9 Å². The fraction of sp³-hybridized carbons (Fsp3) is 0.444. The van der Waals surface area contributed by atoms with Crippen LogP contribution in [0.5, 0.6) is 0 Å². The highest BCUT2D eigenvalue weighted by atomic mass is 16.5. The van der Waals surface area contributed by atoms with Crippen molar-refractivity contribution >= 4 is 23.8 Å². The minimum Gasteiger partial charge on any atom is -0.468 e. The van der Waals surface area contributed by atoms with Crippen LogP contribution in [-0.2, 0) is 39.8 Å². The molecule has 26 heavy (non-hydrogen) atoms. The van der Waals surface area contributed by atoms with Gasteiger partial charge in [0, 0.05) is 5.92 Å². The van der Waals surface area contributed by atoms with Gasteiger partial charge in [-0.2, -0.15) is 0 Å². The Bertz CT molecular complexity index is 628. The second kappa shape index (κ2) is 10.2. The molecule has 1 aromatic rings. The lowest BCUT2D eigenvalue weighted by Gasteiger charge is -2.27. The third-order valence-electron chi connectivity index (χ3n) is 3.94. The maximum absolute atomic E-state index is 12.3. The molecule has 0 spiro atoms. The average Bonchev–Trinajstić information content (AvgIpc) is 2.65. The van der Waals surface area contributed by atoms with Gasteiger partial charge in [-0.15, -0.1) is 0 Å². The highest BCUT2D eigenvalue weighted by Crippen LogP contribution is 2.20. The molecule has 0 fully saturated rings. The van der Waals surface area contributed by atoms with E-state index in [-0.39, 0.29) is 6.42 Å². The van der Waals surface area contributed by atoms with Crippen LogP contribution in [0.15, 0.2) is 30.3 Å². The zero-order chi connectivity index (χ0) is 19.7. The molecule has 0 saturated carbocycles. The van der Waals surface area contributed by atoms with Gasteiger partial charge in [-0.1, -0.05) is 37.3 Å². The minimum absolute atomic E-state index is 0.0299. The molecule has 1 aromatic carbocycles. The summed E-state index contributed by atoms with van der Waals surface area (Å²) < 4.78 is 13.9. The molecule has 0 aliphatic carbocycles. The molecule has 0 radical (unpaired) electrons. The number of ether oxygens (including phenoxy) is 3. The van der Waals surface area contributed by atoms with Gasteiger partial charge in [0.25, 0.3) is 0 Å². The van der Waals surface area contributed by atoms with Crippen LogP contribution in [0, 0.1) is 11.8 Å². The van der Waals surface area contributed by atoms with Crippen LogP contribution in [0.3, 0.4) is 0 Å². The number of rotatable bonds is 8. The molecule has 0 bridgehead atoms. The van der Waals surface area contributed by atoms with Crippen LogP contribution in [0.25, 0.3) is 0 Å². The van der Waals surface area contributed by atoms with E-state index in [1.165, 1.54) is 6.92 Å². The summed E-state index contributed by atoms with van der Waals surface area (Å²) in [5.74, 6) is -5.29. The first-order valence-corrected chi connectivity index (χ1v) is 7.92. The summed E-state index contributed by atoms with van der Waals surface area (Å²) in [5.41, 5.74) is 0.749. The Labute approximate surface area is 151 Å². The molecule has 0 aromatic heterocycles. The van der Waals surface area contributed by atoms with Crippen molar-refractivity contribution in [2.45, 2.75) is 19.4 Å². The molecule has 0 unspecified atom stereocenters. The van der Waals surface area contributed by atoms with Crippen molar-refractivity contribution in [1.82, 2.24) is 5.32 Å². The molecule has 1 rings (SSSR count). The number of carbonyl (C=O) groups is 4. The Morgan fingerprint density at radius 2 is 1.38 bits per heavy atom. The summed E-state index contributed by atoms with van der Waals surface area (Å²) in [6, 6.07) is 7.70. The zero-order valence-corrected chi connectivity index (χ0v) is 15.2. The largest absolute Gasteiger partial charge is 0.468 e. The first kappa shape index (κ1) is 21.1. The van der Waals surface area contributed by atoms with Gasteiger partial charge in [0.05, 0.1) is 27.8 Å². The number of carbonyl (C=O) groups excluding carboxylic acids is 4. The Hall–Kier alpha value is -2.90.